The number of benzene rings is 2. The van der Waals surface area contributed by atoms with Crippen LogP contribution in [0.5, 0.6) is 5.75 Å². The van der Waals surface area contributed by atoms with Crippen molar-refractivity contribution in [2.45, 2.75) is 26.4 Å². The van der Waals surface area contributed by atoms with E-state index in [4.69, 9.17) is 21.1 Å². The zero-order chi connectivity index (χ0) is 18.4. The molecule has 6 heteroatoms. The Kier molecular flexibility index (Phi) is 6.42. The molecule has 0 aliphatic heterocycles. The van der Waals surface area contributed by atoms with Crippen LogP contribution in [0.3, 0.4) is 0 Å². The van der Waals surface area contributed by atoms with Crippen molar-refractivity contribution in [2.75, 3.05) is 12.4 Å². The summed E-state index contributed by atoms with van der Waals surface area (Å²) in [6.07, 6.45) is -0.201. The van der Waals surface area contributed by atoms with Crippen molar-refractivity contribution in [2.24, 2.45) is 0 Å². The minimum Gasteiger partial charge on any atom is -0.481 e. The SMILES string of the molecule is CCC(Oc1cccc(Cl)c1)C(=O)Nc1cccc(C(=O)OC)c1C. The van der Waals surface area contributed by atoms with Crippen LogP contribution in [-0.2, 0) is 9.53 Å². The van der Waals surface area contributed by atoms with E-state index < -0.39 is 12.1 Å². The maximum atomic E-state index is 12.6. The third-order valence-corrected chi connectivity index (χ3v) is 3.97. The molecule has 2 aromatic carbocycles. The first-order valence-electron chi connectivity index (χ1n) is 7.87. The van der Waals surface area contributed by atoms with Crippen LogP contribution >= 0.6 is 11.6 Å². The summed E-state index contributed by atoms with van der Waals surface area (Å²) in [7, 11) is 1.32. The van der Waals surface area contributed by atoms with Gasteiger partial charge in [0.1, 0.15) is 5.75 Å². The van der Waals surface area contributed by atoms with Crippen LogP contribution in [0.1, 0.15) is 29.3 Å². The lowest BCUT2D eigenvalue weighted by Crippen LogP contribution is -2.32. The fraction of sp³-hybridized carbons (Fsp3) is 0.263. The number of hydrogen-bond donors (Lipinski definition) is 1. The van der Waals surface area contributed by atoms with Crippen molar-refractivity contribution in [1.82, 2.24) is 0 Å². The van der Waals surface area contributed by atoms with Crippen molar-refractivity contribution >= 4 is 29.2 Å². The van der Waals surface area contributed by atoms with E-state index in [0.717, 1.165) is 0 Å². The predicted molar refractivity (Wildman–Crippen MR) is 97.3 cm³/mol. The first kappa shape index (κ1) is 18.8. The fourth-order valence-electron chi connectivity index (χ4n) is 2.34. The lowest BCUT2D eigenvalue weighted by atomic mass is 10.1. The zero-order valence-corrected chi connectivity index (χ0v) is 15.1. The predicted octanol–water partition coefficient (Wildman–Crippen LogP) is 4.23. The highest BCUT2D eigenvalue weighted by atomic mass is 35.5. The van der Waals surface area contributed by atoms with Crippen LogP contribution in [0.25, 0.3) is 0 Å². The molecule has 25 heavy (non-hydrogen) atoms. The van der Waals surface area contributed by atoms with E-state index in [0.29, 0.717) is 34.0 Å². The van der Waals surface area contributed by atoms with E-state index in [2.05, 4.69) is 5.32 Å². The van der Waals surface area contributed by atoms with Gasteiger partial charge in [-0.2, -0.15) is 0 Å². The number of rotatable bonds is 6. The Labute approximate surface area is 151 Å². The highest BCUT2D eigenvalue weighted by Gasteiger charge is 2.20. The molecule has 2 aromatic rings. The summed E-state index contributed by atoms with van der Waals surface area (Å²) in [6, 6.07) is 11.9. The lowest BCUT2D eigenvalue weighted by molar-refractivity contribution is -0.122. The van der Waals surface area contributed by atoms with Crippen molar-refractivity contribution in [3.63, 3.8) is 0 Å². The Morgan fingerprint density at radius 1 is 1.20 bits per heavy atom. The number of hydrogen-bond acceptors (Lipinski definition) is 4. The van der Waals surface area contributed by atoms with Crippen LogP contribution in [0.4, 0.5) is 5.69 Å². The minimum absolute atomic E-state index is 0.299. The summed E-state index contributed by atoms with van der Waals surface area (Å²) in [5.74, 6) is -0.224. The second-order valence-electron chi connectivity index (χ2n) is 5.43. The standard InChI is InChI=1S/C19H20ClNO4/c1-4-17(25-14-8-5-7-13(20)11-14)18(22)21-16-10-6-9-15(12(16)2)19(23)24-3/h5-11,17H,4H2,1-3H3,(H,21,22). The monoisotopic (exact) mass is 361 g/mol. The molecule has 0 spiro atoms. The van der Waals surface area contributed by atoms with E-state index in [1.165, 1.54) is 7.11 Å². The molecule has 5 nitrogen and oxygen atoms in total. The number of nitrogens with one attached hydrogen (secondary N) is 1. The van der Waals surface area contributed by atoms with Crippen LogP contribution < -0.4 is 10.1 Å². The number of esters is 1. The molecule has 2 rings (SSSR count). The van der Waals surface area contributed by atoms with Gasteiger partial charge in [0.2, 0.25) is 0 Å². The molecule has 0 bridgehead atoms. The molecule has 0 radical (unpaired) electrons. The molecule has 0 heterocycles. The molecule has 0 saturated carbocycles. The Morgan fingerprint density at radius 3 is 2.56 bits per heavy atom. The average Bonchev–Trinajstić information content (AvgIpc) is 2.60. The maximum absolute atomic E-state index is 12.6. The van der Waals surface area contributed by atoms with Crippen molar-refractivity contribution in [1.29, 1.82) is 0 Å². The van der Waals surface area contributed by atoms with E-state index in [1.54, 1.807) is 49.4 Å². The van der Waals surface area contributed by atoms with Gasteiger partial charge in [-0.3, -0.25) is 4.79 Å². The van der Waals surface area contributed by atoms with E-state index >= 15 is 0 Å². The van der Waals surface area contributed by atoms with Crippen molar-refractivity contribution in [3.05, 3.63) is 58.6 Å². The molecular formula is C19H20ClNO4. The highest BCUT2D eigenvalue weighted by Crippen LogP contribution is 2.22. The molecular weight excluding hydrogens is 342 g/mol. The molecule has 1 N–H and O–H groups in total. The topological polar surface area (TPSA) is 64.6 Å². The molecule has 0 fully saturated rings. The van der Waals surface area contributed by atoms with Crippen LogP contribution in [0.15, 0.2) is 42.5 Å². The Bertz CT molecular complexity index is 776. The normalized spacial score (nSPS) is 11.5. The molecule has 1 amide bonds. The number of methoxy groups -OCH3 is 1. The Hall–Kier alpha value is -2.53. The molecule has 0 aliphatic carbocycles. The van der Waals surface area contributed by atoms with E-state index in [-0.39, 0.29) is 5.91 Å². The van der Waals surface area contributed by atoms with Gasteiger partial charge in [0, 0.05) is 10.7 Å². The number of carbonyl (C=O) groups is 2. The number of ether oxygens (including phenoxy) is 2. The smallest absolute Gasteiger partial charge is 0.338 e. The summed E-state index contributed by atoms with van der Waals surface area (Å²) in [6.45, 7) is 3.60. The summed E-state index contributed by atoms with van der Waals surface area (Å²) in [5, 5.41) is 3.35. The first-order chi connectivity index (χ1) is 12.0. The summed E-state index contributed by atoms with van der Waals surface area (Å²) >= 11 is 5.94. The van der Waals surface area contributed by atoms with Gasteiger partial charge in [0.25, 0.3) is 5.91 Å². The third kappa shape index (κ3) is 4.73. The third-order valence-electron chi connectivity index (χ3n) is 3.73. The fourth-order valence-corrected chi connectivity index (χ4v) is 2.52. The van der Waals surface area contributed by atoms with Crippen LogP contribution in [0.2, 0.25) is 5.02 Å². The average molecular weight is 362 g/mol. The lowest BCUT2D eigenvalue weighted by Gasteiger charge is -2.18. The summed E-state index contributed by atoms with van der Waals surface area (Å²) < 4.78 is 10.5. The summed E-state index contributed by atoms with van der Waals surface area (Å²) in [4.78, 5) is 24.3. The van der Waals surface area contributed by atoms with Gasteiger partial charge < -0.3 is 14.8 Å². The zero-order valence-electron chi connectivity index (χ0n) is 14.3. The van der Waals surface area contributed by atoms with Crippen LogP contribution in [0, 0.1) is 6.92 Å². The van der Waals surface area contributed by atoms with Gasteiger partial charge in [0.15, 0.2) is 6.10 Å². The van der Waals surface area contributed by atoms with Gasteiger partial charge in [0.05, 0.1) is 12.7 Å². The second-order valence-corrected chi connectivity index (χ2v) is 5.87. The quantitative estimate of drug-likeness (QED) is 0.782. The number of carbonyl (C=O) groups excluding carboxylic acids is 2. The van der Waals surface area contributed by atoms with Gasteiger partial charge in [-0.15, -0.1) is 0 Å². The number of amides is 1. The molecule has 1 unspecified atom stereocenters. The molecule has 0 aliphatic rings. The largest absolute Gasteiger partial charge is 0.481 e. The van der Waals surface area contributed by atoms with Crippen molar-refractivity contribution < 1.29 is 19.1 Å². The van der Waals surface area contributed by atoms with Crippen LogP contribution in [-0.4, -0.2) is 25.1 Å². The molecule has 0 saturated heterocycles. The van der Waals surface area contributed by atoms with Gasteiger partial charge in [-0.05, 0) is 49.2 Å². The molecule has 0 aromatic heterocycles. The second kappa shape index (κ2) is 8.53. The van der Waals surface area contributed by atoms with Gasteiger partial charge in [-0.1, -0.05) is 30.7 Å². The first-order valence-corrected chi connectivity index (χ1v) is 8.25. The Balaban J connectivity index is 2.16. The summed E-state index contributed by atoms with van der Waals surface area (Å²) in [5.41, 5.74) is 1.59. The Morgan fingerprint density at radius 2 is 1.92 bits per heavy atom. The van der Waals surface area contributed by atoms with Gasteiger partial charge >= 0.3 is 5.97 Å². The molecule has 1 atom stereocenters. The van der Waals surface area contributed by atoms with E-state index in [9.17, 15) is 9.59 Å². The van der Waals surface area contributed by atoms with E-state index in [1.807, 2.05) is 6.92 Å². The number of anilines is 1. The maximum Gasteiger partial charge on any atom is 0.338 e. The molecule has 132 valence electrons. The minimum atomic E-state index is -0.681. The number of halogens is 1. The van der Waals surface area contributed by atoms with Gasteiger partial charge in [-0.25, -0.2) is 4.79 Å². The highest BCUT2D eigenvalue weighted by molar-refractivity contribution is 6.30. The van der Waals surface area contributed by atoms with Crippen molar-refractivity contribution in [3.8, 4) is 5.75 Å².